The first-order valence-corrected chi connectivity index (χ1v) is 2.57. The van der Waals surface area contributed by atoms with Gasteiger partial charge in [-0.15, -0.1) is 0 Å². The zero-order valence-electron chi connectivity index (χ0n) is 4.30. The normalized spacial score (nSPS) is 16.6. The first kappa shape index (κ1) is 8.48. The van der Waals surface area contributed by atoms with Gasteiger partial charge in [0.05, 0.1) is 0 Å². The van der Waals surface area contributed by atoms with Crippen molar-refractivity contribution < 1.29 is 0 Å². The molecular weight excluding hydrogens is 107 g/mol. The molecule has 0 nitrogen and oxygen atoms in total. The molecule has 0 amide bonds. The Balaban J connectivity index is 0.000000490. The van der Waals surface area contributed by atoms with Crippen LogP contribution < -0.4 is 0 Å². The Morgan fingerprint density at radius 1 is 1.25 bits per heavy atom. The van der Waals surface area contributed by atoms with E-state index in [9.17, 15) is 0 Å². The molecule has 8 heavy (non-hydrogen) atoms. The summed E-state index contributed by atoms with van der Waals surface area (Å²) in [5.74, 6) is 0.625. The molecule has 1 radical (unpaired) electrons. The van der Waals surface area contributed by atoms with Gasteiger partial charge in [-0.1, -0.05) is 31.2 Å². The van der Waals surface area contributed by atoms with Crippen LogP contribution in [0.15, 0.2) is 24.3 Å². The van der Waals surface area contributed by atoms with Crippen molar-refractivity contribution in [3.05, 3.63) is 31.2 Å². The van der Waals surface area contributed by atoms with Gasteiger partial charge in [-0.3, -0.25) is 0 Å². The minimum atomic E-state index is 0. The molecule has 0 aromatic carbocycles. The molecule has 0 aliphatic heterocycles. The molecule has 1 aliphatic rings. The van der Waals surface area contributed by atoms with E-state index >= 15 is 0 Å². The quantitative estimate of drug-likeness (QED) is 0.454. The summed E-state index contributed by atoms with van der Waals surface area (Å²) < 4.78 is 0. The fraction of sp³-hybridized carbons (Fsp3) is 0.286. The second-order valence-corrected chi connectivity index (χ2v) is 1.72. The third-order valence-corrected chi connectivity index (χ3v) is 1.16. The van der Waals surface area contributed by atoms with Crippen LogP contribution in [-0.4, -0.2) is 29.6 Å². The summed E-state index contributed by atoms with van der Waals surface area (Å²) in [6, 6.07) is 0. The van der Waals surface area contributed by atoms with E-state index in [4.69, 9.17) is 0 Å². The Morgan fingerprint density at radius 2 is 1.75 bits per heavy atom. The summed E-state index contributed by atoms with van der Waals surface area (Å²) in [6.07, 6.45) is 9.44. The Labute approximate surface area is 73.0 Å². The second kappa shape index (κ2) is 4.37. The predicted molar refractivity (Wildman–Crippen MR) is 38.9 cm³/mol. The van der Waals surface area contributed by atoms with Crippen LogP contribution in [0.3, 0.4) is 0 Å². The summed E-state index contributed by atoms with van der Waals surface area (Å²) in [7, 11) is 0. The maximum atomic E-state index is 3.77. The topological polar surface area (TPSA) is 0 Å². The second-order valence-electron chi connectivity index (χ2n) is 1.72. The van der Waals surface area contributed by atoms with Gasteiger partial charge >= 0.3 is 29.6 Å². The molecular formula is C7H10Na. The van der Waals surface area contributed by atoms with Gasteiger partial charge in [0, 0.05) is 0 Å². The summed E-state index contributed by atoms with van der Waals surface area (Å²) in [4.78, 5) is 0. The number of hydrogen-bond acceptors (Lipinski definition) is 0. The van der Waals surface area contributed by atoms with Crippen molar-refractivity contribution >= 4 is 29.6 Å². The van der Waals surface area contributed by atoms with E-state index in [1.165, 1.54) is 0 Å². The summed E-state index contributed by atoms with van der Waals surface area (Å²) in [5.41, 5.74) is 0. The monoisotopic (exact) mass is 117 g/mol. The van der Waals surface area contributed by atoms with Crippen LogP contribution in [-0.2, 0) is 0 Å². The van der Waals surface area contributed by atoms with Crippen molar-refractivity contribution in [3.8, 4) is 0 Å². The van der Waals surface area contributed by atoms with E-state index in [0.29, 0.717) is 5.92 Å². The fourth-order valence-electron chi connectivity index (χ4n) is 0.670. The minimum absolute atomic E-state index is 0. The fourth-order valence-corrected chi connectivity index (χ4v) is 0.670. The number of rotatable bonds is 1. The molecule has 39 valence electrons. The third-order valence-electron chi connectivity index (χ3n) is 1.16. The van der Waals surface area contributed by atoms with Gasteiger partial charge in [-0.25, -0.2) is 0 Å². The van der Waals surface area contributed by atoms with Crippen LogP contribution in [0.25, 0.3) is 0 Å². The molecule has 0 saturated carbocycles. The molecule has 0 saturated heterocycles. The average Bonchev–Trinajstić information content (AvgIpc) is 2.14. The zero-order chi connectivity index (χ0) is 5.11. The van der Waals surface area contributed by atoms with Crippen LogP contribution in [0.1, 0.15) is 6.42 Å². The Bertz CT molecular complexity index is 91.0. The summed E-state index contributed by atoms with van der Waals surface area (Å²) >= 11 is 0. The van der Waals surface area contributed by atoms with Gasteiger partial charge in [0.1, 0.15) is 0 Å². The molecule has 0 heterocycles. The van der Waals surface area contributed by atoms with Crippen LogP contribution in [0.4, 0.5) is 0 Å². The molecule has 0 fully saturated rings. The van der Waals surface area contributed by atoms with Gasteiger partial charge in [0.2, 0.25) is 0 Å². The van der Waals surface area contributed by atoms with Crippen molar-refractivity contribution in [2.75, 3.05) is 0 Å². The first-order valence-electron chi connectivity index (χ1n) is 2.57. The van der Waals surface area contributed by atoms with Gasteiger partial charge in [0.25, 0.3) is 0 Å². The van der Waals surface area contributed by atoms with Crippen molar-refractivity contribution in [1.29, 1.82) is 0 Å². The predicted octanol–water partition coefficient (Wildman–Crippen LogP) is 1.30. The average molecular weight is 117 g/mol. The SMILES string of the molecule is [CH2]CC1C=CC=C1.[NaH]. The summed E-state index contributed by atoms with van der Waals surface area (Å²) in [6.45, 7) is 3.77. The van der Waals surface area contributed by atoms with Crippen molar-refractivity contribution in [3.63, 3.8) is 0 Å². The first-order chi connectivity index (χ1) is 3.43. The van der Waals surface area contributed by atoms with E-state index in [1.807, 2.05) is 0 Å². The Morgan fingerprint density at radius 3 is 2.00 bits per heavy atom. The third kappa shape index (κ3) is 2.17. The van der Waals surface area contributed by atoms with Gasteiger partial charge in [0.15, 0.2) is 0 Å². The van der Waals surface area contributed by atoms with Crippen LogP contribution in [0, 0.1) is 12.8 Å². The van der Waals surface area contributed by atoms with Crippen LogP contribution in [0.5, 0.6) is 0 Å². The number of allylic oxidation sites excluding steroid dienone is 4. The standard InChI is InChI=1S/C7H9.Na.H/c1-2-7-5-3-4-6-7;;/h3-7H,1-2H2;;. The van der Waals surface area contributed by atoms with Gasteiger partial charge in [-0.05, 0) is 12.3 Å². The van der Waals surface area contributed by atoms with E-state index in [-0.39, 0.29) is 29.6 Å². The molecule has 1 rings (SSSR count). The molecule has 0 aromatic rings. The van der Waals surface area contributed by atoms with E-state index in [2.05, 4.69) is 31.2 Å². The van der Waals surface area contributed by atoms with Gasteiger partial charge in [-0.2, -0.15) is 0 Å². The molecule has 0 bridgehead atoms. The molecule has 0 atom stereocenters. The summed E-state index contributed by atoms with van der Waals surface area (Å²) in [5, 5.41) is 0. The number of hydrogen-bond donors (Lipinski definition) is 0. The Kier molecular flexibility index (Phi) is 4.63. The van der Waals surface area contributed by atoms with E-state index < -0.39 is 0 Å². The molecule has 0 aromatic heterocycles. The molecule has 0 spiro atoms. The van der Waals surface area contributed by atoms with Gasteiger partial charge < -0.3 is 0 Å². The van der Waals surface area contributed by atoms with Crippen LogP contribution in [0.2, 0.25) is 0 Å². The van der Waals surface area contributed by atoms with Crippen molar-refractivity contribution in [1.82, 2.24) is 0 Å². The molecule has 1 aliphatic carbocycles. The van der Waals surface area contributed by atoms with E-state index in [1.54, 1.807) is 0 Å². The van der Waals surface area contributed by atoms with E-state index in [0.717, 1.165) is 6.42 Å². The maximum absolute atomic E-state index is 3.77. The van der Waals surface area contributed by atoms with Crippen molar-refractivity contribution in [2.45, 2.75) is 6.42 Å². The molecule has 0 unspecified atom stereocenters. The van der Waals surface area contributed by atoms with Crippen molar-refractivity contribution in [2.24, 2.45) is 5.92 Å². The Hall–Kier alpha value is 0.480. The van der Waals surface area contributed by atoms with Crippen LogP contribution >= 0.6 is 0 Å². The molecule has 1 heteroatoms. The molecule has 0 N–H and O–H groups in total. The zero-order valence-corrected chi connectivity index (χ0v) is 4.30.